The number of aromatic nitrogens is 2. The highest BCUT2D eigenvalue weighted by Crippen LogP contribution is 2.21. The van der Waals surface area contributed by atoms with Gasteiger partial charge in [0.15, 0.2) is 0 Å². The number of carbonyl (C=O) groups is 1. The number of hydrogen-bond donors (Lipinski definition) is 2. The van der Waals surface area contributed by atoms with Gasteiger partial charge < -0.3 is 10.2 Å². The van der Waals surface area contributed by atoms with E-state index in [9.17, 15) is 9.59 Å². The van der Waals surface area contributed by atoms with Gasteiger partial charge in [0.1, 0.15) is 0 Å². The van der Waals surface area contributed by atoms with Gasteiger partial charge in [0.2, 0.25) is 5.91 Å². The van der Waals surface area contributed by atoms with Crippen LogP contribution in [0.5, 0.6) is 0 Å². The van der Waals surface area contributed by atoms with Crippen molar-refractivity contribution in [3.8, 4) is 0 Å². The number of fused-ring (bicyclic) bond motifs is 1. The lowest BCUT2D eigenvalue weighted by atomic mass is 10.0. The predicted molar refractivity (Wildman–Crippen MR) is 100 cm³/mol. The number of carbonyl (C=O) groups excluding carboxylic acids is 1. The third-order valence-electron chi connectivity index (χ3n) is 4.78. The molecule has 6 nitrogen and oxygen atoms in total. The molecule has 0 saturated carbocycles. The largest absolute Gasteiger partial charge is 0.350 e. The third kappa shape index (κ3) is 4.25. The topological polar surface area (TPSA) is 68.4 Å². The van der Waals surface area contributed by atoms with Crippen molar-refractivity contribution in [3.63, 3.8) is 0 Å². The average molecular weight is 345 g/mol. The Balaban J connectivity index is 2.24. The van der Waals surface area contributed by atoms with Gasteiger partial charge in [-0.25, -0.2) is 4.68 Å². The van der Waals surface area contributed by atoms with E-state index in [1.165, 1.54) is 9.58 Å². The molecule has 0 unspecified atom stereocenters. The molecule has 0 aliphatic rings. The van der Waals surface area contributed by atoms with Crippen molar-refractivity contribution in [2.75, 3.05) is 26.2 Å². The van der Waals surface area contributed by atoms with Gasteiger partial charge in [0, 0.05) is 11.9 Å². The molecule has 0 aliphatic carbocycles. The fourth-order valence-corrected chi connectivity index (χ4v) is 3.04. The van der Waals surface area contributed by atoms with E-state index in [2.05, 4.69) is 24.3 Å². The molecule has 0 bridgehead atoms. The first-order valence-electron chi connectivity index (χ1n) is 9.14. The molecule has 1 aromatic heterocycles. The first-order chi connectivity index (χ1) is 12.0. The zero-order chi connectivity index (χ0) is 18.4. The van der Waals surface area contributed by atoms with Gasteiger partial charge in [-0.3, -0.25) is 9.59 Å². The number of amides is 1. The summed E-state index contributed by atoms with van der Waals surface area (Å²) in [7, 11) is 0. The number of hydrogen-bond acceptors (Lipinski definition) is 3. The maximum Gasteiger partial charge on any atom is 0.274 e. The van der Waals surface area contributed by atoms with Crippen molar-refractivity contribution in [1.29, 1.82) is 0 Å². The number of nitrogens with one attached hydrogen (secondary N) is 2. The fraction of sp³-hybridized carbons (Fsp3) is 0.526. The highest BCUT2D eigenvalue weighted by Gasteiger charge is 2.21. The van der Waals surface area contributed by atoms with Crippen molar-refractivity contribution in [1.82, 2.24) is 15.1 Å². The highest BCUT2D eigenvalue weighted by molar-refractivity contribution is 5.91. The van der Waals surface area contributed by atoms with Crippen LogP contribution in [-0.4, -0.2) is 41.9 Å². The summed E-state index contributed by atoms with van der Waals surface area (Å²) in [6.45, 7) is 12.2. The van der Waals surface area contributed by atoms with E-state index in [-0.39, 0.29) is 11.5 Å². The molecule has 0 fully saturated rings. The van der Waals surface area contributed by atoms with Crippen LogP contribution < -0.4 is 15.8 Å². The van der Waals surface area contributed by atoms with Crippen molar-refractivity contribution in [3.05, 3.63) is 40.3 Å². The van der Waals surface area contributed by atoms with Crippen LogP contribution in [0.3, 0.4) is 0 Å². The summed E-state index contributed by atoms with van der Waals surface area (Å²) in [6.07, 6.45) is 0. The van der Waals surface area contributed by atoms with Gasteiger partial charge in [-0.2, -0.15) is 5.10 Å². The fourth-order valence-electron chi connectivity index (χ4n) is 3.04. The van der Waals surface area contributed by atoms with E-state index in [4.69, 9.17) is 0 Å². The Labute approximate surface area is 148 Å². The Morgan fingerprint density at radius 3 is 2.44 bits per heavy atom. The molecule has 2 aromatic rings. The van der Waals surface area contributed by atoms with Gasteiger partial charge in [-0.15, -0.1) is 0 Å². The van der Waals surface area contributed by atoms with Gasteiger partial charge >= 0.3 is 0 Å². The first-order valence-corrected chi connectivity index (χ1v) is 9.14. The van der Waals surface area contributed by atoms with Crippen LogP contribution in [0, 0.1) is 0 Å². The molecule has 136 valence electrons. The van der Waals surface area contributed by atoms with E-state index in [0.29, 0.717) is 24.2 Å². The number of likely N-dealkylation sites (N-methyl/N-ethyl adjacent to an activating group) is 1. The Bertz CT molecular complexity index is 781. The van der Waals surface area contributed by atoms with Crippen LogP contribution in [0.4, 0.5) is 0 Å². The minimum Gasteiger partial charge on any atom is -0.350 e. The van der Waals surface area contributed by atoms with E-state index < -0.39 is 5.92 Å². The van der Waals surface area contributed by atoms with Gasteiger partial charge in [-0.1, -0.05) is 18.2 Å². The molecule has 1 atom stereocenters. The second-order valence-corrected chi connectivity index (χ2v) is 6.27. The SMILES string of the molecule is CCn1nc([C@H](C)C(=O)NCC[NH+](CC)CC)c2ccccc2c1=O. The number of aryl methyl sites for hydroxylation is 1. The van der Waals surface area contributed by atoms with Crippen LogP contribution in [0.15, 0.2) is 29.1 Å². The number of nitrogens with zero attached hydrogens (tertiary/aromatic N) is 2. The molecule has 1 aromatic carbocycles. The summed E-state index contributed by atoms with van der Waals surface area (Å²) >= 11 is 0. The summed E-state index contributed by atoms with van der Waals surface area (Å²) in [6, 6.07) is 7.37. The van der Waals surface area contributed by atoms with Crippen LogP contribution in [0.1, 0.15) is 39.3 Å². The molecule has 6 heteroatoms. The maximum atomic E-state index is 12.6. The maximum absolute atomic E-state index is 12.6. The molecule has 1 amide bonds. The summed E-state index contributed by atoms with van der Waals surface area (Å²) in [5.74, 6) is -0.458. The van der Waals surface area contributed by atoms with E-state index in [1.54, 1.807) is 6.07 Å². The standard InChI is InChI=1S/C19H28N4O2/c1-5-22(6-2)13-12-20-18(24)14(4)17-15-10-8-9-11-16(15)19(25)23(7-3)21-17/h8-11,14H,5-7,12-13H2,1-4H3,(H,20,24)/p+1/t14-/m0/s1. The molecule has 2 rings (SSSR count). The summed E-state index contributed by atoms with van der Waals surface area (Å²) in [4.78, 5) is 26.5. The molecule has 2 N–H and O–H groups in total. The van der Waals surface area contributed by atoms with E-state index in [1.807, 2.05) is 32.0 Å². The lowest BCUT2D eigenvalue weighted by Crippen LogP contribution is -3.12. The van der Waals surface area contributed by atoms with Crippen LogP contribution in [0.25, 0.3) is 10.8 Å². The molecule has 0 radical (unpaired) electrons. The smallest absolute Gasteiger partial charge is 0.274 e. The minimum atomic E-state index is -0.407. The predicted octanol–water partition coefficient (Wildman–Crippen LogP) is 0.561. The van der Waals surface area contributed by atoms with Gasteiger partial charge in [0.25, 0.3) is 5.56 Å². The molecule has 25 heavy (non-hydrogen) atoms. The summed E-state index contributed by atoms with van der Waals surface area (Å²) < 4.78 is 1.43. The molecular formula is C19H29N4O2+. The van der Waals surface area contributed by atoms with Crippen LogP contribution in [-0.2, 0) is 11.3 Å². The zero-order valence-electron chi connectivity index (χ0n) is 15.6. The zero-order valence-corrected chi connectivity index (χ0v) is 15.6. The third-order valence-corrected chi connectivity index (χ3v) is 4.78. The van der Waals surface area contributed by atoms with Crippen molar-refractivity contribution < 1.29 is 9.69 Å². The summed E-state index contributed by atoms with van der Waals surface area (Å²) in [5.41, 5.74) is 0.546. The van der Waals surface area contributed by atoms with Crippen LogP contribution in [0.2, 0.25) is 0 Å². The van der Waals surface area contributed by atoms with Crippen molar-refractivity contribution in [2.24, 2.45) is 0 Å². The molecular weight excluding hydrogens is 316 g/mol. The normalized spacial score (nSPS) is 12.5. The second kappa shape index (κ2) is 8.76. The van der Waals surface area contributed by atoms with Crippen molar-refractivity contribution >= 4 is 16.7 Å². The quantitative estimate of drug-likeness (QED) is 0.735. The monoisotopic (exact) mass is 345 g/mol. The van der Waals surface area contributed by atoms with Crippen molar-refractivity contribution in [2.45, 2.75) is 40.2 Å². The molecule has 0 aliphatic heterocycles. The minimum absolute atomic E-state index is 0.0505. The second-order valence-electron chi connectivity index (χ2n) is 6.27. The van der Waals surface area contributed by atoms with E-state index >= 15 is 0 Å². The average Bonchev–Trinajstić information content (AvgIpc) is 2.65. The van der Waals surface area contributed by atoms with Gasteiger partial charge in [0.05, 0.1) is 43.2 Å². The number of benzene rings is 1. The molecule has 1 heterocycles. The Morgan fingerprint density at radius 2 is 1.84 bits per heavy atom. The van der Waals surface area contributed by atoms with Crippen LogP contribution >= 0.6 is 0 Å². The first kappa shape index (κ1) is 19.1. The highest BCUT2D eigenvalue weighted by atomic mass is 16.2. The van der Waals surface area contributed by atoms with E-state index in [0.717, 1.165) is 25.0 Å². The van der Waals surface area contributed by atoms with Gasteiger partial charge in [-0.05, 0) is 33.8 Å². The Kier molecular flexibility index (Phi) is 6.70. The number of rotatable bonds is 8. The summed E-state index contributed by atoms with van der Waals surface area (Å²) in [5, 5.41) is 8.83. The number of quaternary nitrogens is 1. The molecule has 0 spiro atoms. The molecule has 0 saturated heterocycles. The Hall–Kier alpha value is -2.21. The lowest BCUT2D eigenvalue weighted by molar-refractivity contribution is -0.895. The lowest BCUT2D eigenvalue weighted by Gasteiger charge is -2.18. The Morgan fingerprint density at radius 1 is 1.20 bits per heavy atom.